The van der Waals surface area contributed by atoms with Crippen molar-refractivity contribution in [3.05, 3.63) is 24.4 Å². The maximum Gasteiger partial charge on any atom is 0.224 e. The van der Waals surface area contributed by atoms with Crippen LogP contribution in [0.15, 0.2) is 24.4 Å². The summed E-state index contributed by atoms with van der Waals surface area (Å²) in [6, 6.07) is 6.25. The van der Waals surface area contributed by atoms with Crippen molar-refractivity contribution in [1.29, 1.82) is 0 Å². The molecule has 2 rings (SSSR count). The van der Waals surface area contributed by atoms with Crippen LogP contribution >= 0.6 is 0 Å². The van der Waals surface area contributed by atoms with E-state index in [1.165, 1.54) is 0 Å². The van der Waals surface area contributed by atoms with E-state index in [-0.39, 0.29) is 5.91 Å². The molecule has 5 nitrogen and oxygen atoms in total. The van der Waals surface area contributed by atoms with Gasteiger partial charge in [-0.15, -0.1) is 0 Å². The van der Waals surface area contributed by atoms with Gasteiger partial charge in [-0.25, -0.2) is 4.98 Å². The topological polar surface area (TPSA) is 54.5 Å². The van der Waals surface area contributed by atoms with Crippen molar-refractivity contribution < 1.29 is 9.53 Å². The number of ether oxygens (including phenoxy) is 1. The van der Waals surface area contributed by atoms with Crippen molar-refractivity contribution in [2.24, 2.45) is 0 Å². The molecule has 0 spiro atoms. The van der Waals surface area contributed by atoms with Crippen LogP contribution in [0.2, 0.25) is 0 Å². The van der Waals surface area contributed by atoms with Crippen molar-refractivity contribution in [1.82, 2.24) is 9.88 Å². The molecule has 1 aliphatic heterocycles. The zero-order valence-electron chi connectivity index (χ0n) is 11.3. The summed E-state index contributed by atoms with van der Waals surface area (Å²) in [6.45, 7) is 2.13. The lowest BCUT2D eigenvalue weighted by Crippen LogP contribution is -2.42. The van der Waals surface area contributed by atoms with E-state index in [2.05, 4.69) is 10.3 Å². The van der Waals surface area contributed by atoms with Crippen LogP contribution in [0.25, 0.3) is 0 Å². The summed E-state index contributed by atoms with van der Waals surface area (Å²) >= 11 is 0. The number of carbonyl (C=O) groups is 1. The van der Waals surface area contributed by atoms with Crippen molar-refractivity contribution in [3.8, 4) is 0 Å². The Morgan fingerprint density at radius 2 is 2.26 bits per heavy atom. The fourth-order valence-electron chi connectivity index (χ4n) is 2.28. The van der Waals surface area contributed by atoms with Gasteiger partial charge in [0.2, 0.25) is 5.91 Å². The number of aromatic nitrogens is 1. The molecule has 1 fully saturated rings. The number of anilines is 1. The molecule has 0 radical (unpaired) electrons. The molecule has 1 aromatic heterocycles. The minimum atomic E-state index is 0.193. The van der Waals surface area contributed by atoms with E-state index < -0.39 is 0 Å². The lowest BCUT2D eigenvalue weighted by atomic mass is 10.0. The normalized spacial score (nSPS) is 16.4. The quantitative estimate of drug-likeness (QED) is 0.875. The number of likely N-dealkylation sites (tertiary alicyclic amines) is 1. The monoisotopic (exact) mass is 263 g/mol. The molecule has 0 aromatic carbocycles. The van der Waals surface area contributed by atoms with Gasteiger partial charge in [-0.1, -0.05) is 6.07 Å². The van der Waals surface area contributed by atoms with E-state index in [1.807, 2.05) is 23.1 Å². The predicted molar refractivity (Wildman–Crippen MR) is 74.0 cm³/mol. The average molecular weight is 263 g/mol. The largest absolute Gasteiger partial charge is 0.384 e. The van der Waals surface area contributed by atoms with Gasteiger partial charge in [-0.05, 0) is 25.0 Å². The number of rotatable bonds is 5. The van der Waals surface area contributed by atoms with Gasteiger partial charge in [0.15, 0.2) is 0 Å². The highest BCUT2D eigenvalue weighted by molar-refractivity contribution is 5.76. The summed E-state index contributed by atoms with van der Waals surface area (Å²) in [7, 11) is 1.62. The Morgan fingerprint density at radius 3 is 2.89 bits per heavy atom. The van der Waals surface area contributed by atoms with Crippen LogP contribution in [0.4, 0.5) is 5.82 Å². The van der Waals surface area contributed by atoms with Crippen LogP contribution in [0.5, 0.6) is 0 Å². The van der Waals surface area contributed by atoms with Gasteiger partial charge in [-0.3, -0.25) is 4.79 Å². The number of carbonyl (C=O) groups excluding carboxylic acids is 1. The molecule has 1 aromatic rings. The average Bonchev–Trinajstić information content (AvgIpc) is 2.46. The molecule has 0 bridgehead atoms. The van der Waals surface area contributed by atoms with Gasteiger partial charge >= 0.3 is 0 Å². The third-order valence-corrected chi connectivity index (χ3v) is 3.38. The molecule has 1 N–H and O–H groups in total. The second-order valence-electron chi connectivity index (χ2n) is 4.76. The number of amides is 1. The summed E-state index contributed by atoms with van der Waals surface area (Å²) in [5.74, 6) is 1.10. The Hall–Kier alpha value is -1.62. The molecule has 5 heteroatoms. The van der Waals surface area contributed by atoms with Gasteiger partial charge in [0.25, 0.3) is 0 Å². The fraction of sp³-hybridized carbons (Fsp3) is 0.571. The van der Waals surface area contributed by atoms with E-state index in [4.69, 9.17) is 4.74 Å². The number of hydrogen-bond donors (Lipinski definition) is 1. The first-order chi connectivity index (χ1) is 9.29. The zero-order valence-corrected chi connectivity index (χ0v) is 11.3. The molecule has 104 valence electrons. The minimum Gasteiger partial charge on any atom is -0.384 e. The molecular weight excluding hydrogens is 242 g/mol. The second kappa shape index (κ2) is 7.09. The lowest BCUT2D eigenvalue weighted by Gasteiger charge is -2.32. The van der Waals surface area contributed by atoms with E-state index in [0.29, 0.717) is 19.1 Å². The van der Waals surface area contributed by atoms with Crippen LogP contribution < -0.4 is 5.32 Å². The highest BCUT2D eigenvalue weighted by Gasteiger charge is 2.22. The zero-order chi connectivity index (χ0) is 13.5. The van der Waals surface area contributed by atoms with Crippen LogP contribution in [-0.2, 0) is 9.53 Å². The SMILES string of the molecule is COCCC(=O)N1CCC(Nc2ccccn2)CC1. The predicted octanol–water partition coefficient (Wildman–Crippen LogP) is 1.52. The highest BCUT2D eigenvalue weighted by atomic mass is 16.5. The summed E-state index contributed by atoms with van der Waals surface area (Å²) < 4.78 is 4.94. The molecule has 0 aliphatic carbocycles. The van der Waals surface area contributed by atoms with Crippen LogP contribution in [0.1, 0.15) is 19.3 Å². The molecule has 0 saturated carbocycles. The summed E-state index contributed by atoms with van der Waals surface area (Å²) in [5.41, 5.74) is 0. The maximum atomic E-state index is 11.8. The maximum absolute atomic E-state index is 11.8. The van der Waals surface area contributed by atoms with Gasteiger partial charge in [0.05, 0.1) is 13.0 Å². The molecule has 1 amide bonds. The highest BCUT2D eigenvalue weighted by Crippen LogP contribution is 2.15. The molecule has 19 heavy (non-hydrogen) atoms. The Labute approximate surface area is 114 Å². The number of pyridine rings is 1. The number of nitrogens with one attached hydrogen (secondary N) is 1. The third-order valence-electron chi connectivity index (χ3n) is 3.38. The Morgan fingerprint density at radius 1 is 1.47 bits per heavy atom. The fourth-order valence-corrected chi connectivity index (χ4v) is 2.28. The van der Waals surface area contributed by atoms with Crippen LogP contribution in [0.3, 0.4) is 0 Å². The van der Waals surface area contributed by atoms with Gasteiger partial charge < -0.3 is 15.0 Å². The van der Waals surface area contributed by atoms with Gasteiger partial charge in [0, 0.05) is 32.4 Å². The van der Waals surface area contributed by atoms with E-state index >= 15 is 0 Å². The Bertz CT molecular complexity index is 389. The minimum absolute atomic E-state index is 0.193. The lowest BCUT2D eigenvalue weighted by molar-refractivity contribution is -0.133. The molecule has 0 unspecified atom stereocenters. The first-order valence-electron chi connectivity index (χ1n) is 6.74. The molecule has 1 aliphatic rings. The second-order valence-corrected chi connectivity index (χ2v) is 4.76. The summed E-state index contributed by atoms with van der Waals surface area (Å²) in [6.07, 6.45) is 4.20. The summed E-state index contributed by atoms with van der Waals surface area (Å²) in [4.78, 5) is 18.0. The van der Waals surface area contributed by atoms with E-state index in [1.54, 1.807) is 13.3 Å². The first-order valence-corrected chi connectivity index (χ1v) is 6.74. The van der Waals surface area contributed by atoms with Gasteiger partial charge in [0.1, 0.15) is 5.82 Å². The van der Waals surface area contributed by atoms with Crippen molar-refractivity contribution >= 4 is 11.7 Å². The standard InChI is InChI=1S/C14H21N3O2/c1-19-11-7-14(18)17-9-5-12(6-10-17)16-13-4-2-3-8-15-13/h2-4,8,12H,5-7,9-11H2,1H3,(H,15,16). The van der Waals surface area contributed by atoms with E-state index in [9.17, 15) is 4.79 Å². The van der Waals surface area contributed by atoms with E-state index in [0.717, 1.165) is 31.7 Å². The smallest absolute Gasteiger partial charge is 0.224 e. The van der Waals surface area contributed by atoms with Crippen molar-refractivity contribution in [3.63, 3.8) is 0 Å². The number of methoxy groups -OCH3 is 1. The first kappa shape index (κ1) is 13.8. The molecule has 0 atom stereocenters. The number of hydrogen-bond acceptors (Lipinski definition) is 4. The number of nitrogens with zero attached hydrogens (tertiary/aromatic N) is 2. The van der Waals surface area contributed by atoms with Crippen LogP contribution in [0, 0.1) is 0 Å². The molecule has 1 saturated heterocycles. The Kier molecular flexibility index (Phi) is 5.15. The summed E-state index contributed by atoms with van der Waals surface area (Å²) in [5, 5.41) is 3.41. The number of piperidine rings is 1. The third kappa shape index (κ3) is 4.21. The van der Waals surface area contributed by atoms with Crippen molar-refractivity contribution in [2.75, 3.05) is 32.1 Å². The van der Waals surface area contributed by atoms with Crippen LogP contribution in [-0.4, -0.2) is 48.6 Å². The Balaban J connectivity index is 1.75. The molecular formula is C14H21N3O2. The van der Waals surface area contributed by atoms with Gasteiger partial charge in [-0.2, -0.15) is 0 Å². The van der Waals surface area contributed by atoms with Crippen molar-refractivity contribution in [2.45, 2.75) is 25.3 Å². The molecule has 2 heterocycles.